The first-order chi connectivity index (χ1) is 5.61. The van der Waals surface area contributed by atoms with Crippen LogP contribution in [0.5, 0.6) is 0 Å². The van der Waals surface area contributed by atoms with Crippen molar-refractivity contribution in [2.75, 3.05) is 26.2 Å². The van der Waals surface area contributed by atoms with Crippen LogP contribution in [0.4, 0.5) is 0 Å². The summed E-state index contributed by atoms with van der Waals surface area (Å²) in [6.07, 6.45) is 1.04. The molecule has 0 radical (unpaired) electrons. The van der Waals surface area contributed by atoms with E-state index >= 15 is 0 Å². The molecule has 1 unspecified atom stereocenters. The third kappa shape index (κ3) is 3.55. The molecule has 0 aromatic rings. The lowest BCUT2D eigenvalue weighted by Crippen LogP contribution is -2.37. The van der Waals surface area contributed by atoms with E-state index in [9.17, 15) is 5.11 Å². The monoisotopic (exact) mass is 173 g/mol. The Kier molecular flexibility index (Phi) is 5.51. The van der Waals surface area contributed by atoms with Gasteiger partial charge in [-0.25, -0.2) is 0 Å². The Labute approximate surface area is 76.6 Å². The molecule has 1 N–H and O–H groups in total. The first-order valence-corrected chi connectivity index (χ1v) is 4.95. The van der Waals surface area contributed by atoms with E-state index in [2.05, 4.69) is 32.6 Å². The van der Waals surface area contributed by atoms with Crippen LogP contribution < -0.4 is 0 Å². The maximum Gasteiger partial charge on any atom is 0.0496 e. The van der Waals surface area contributed by atoms with Crippen LogP contribution >= 0.6 is 0 Å². The maximum atomic E-state index is 9.20. The van der Waals surface area contributed by atoms with Crippen molar-refractivity contribution >= 4 is 0 Å². The predicted molar refractivity (Wildman–Crippen MR) is 53.3 cm³/mol. The number of aliphatic hydroxyl groups is 1. The number of hydrogen-bond donors (Lipinski definition) is 1. The highest BCUT2D eigenvalue weighted by atomic mass is 16.3. The molecule has 0 aromatic heterocycles. The molecule has 1 atom stereocenters. The third-order valence-corrected chi connectivity index (χ3v) is 2.74. The van der Waals surface area contributed by atoms with Crippen molar-refractivity contribution in [1.29, 1.82) is 0 Å². The lowest BCUT2D eigenvalue weighted by atomic mass is 9.88. The third-order valence-electron chi connectivity index (χ3n) is 2.74. The fraction of sp³-hybridized carbons (Fsp3) is 1.00. The molecule has 0 aliphatic rings. The molecule has 0 aromatic carbocycles. The highest BCUT2D eigenvalue weighted by molar-refractivity contribution is 4.75. The highest BCUT2D eigenvalue weighted by Gasteiger charge is 2.22. The molecule has 0 rings (SSSR count). The van der Waals surface area contributed by atoms with Crippen molar-refractivity contribution < 1.29 is 5.11 Å². The molecule has 74 valence electrons. The van der Waals surface area contributed by atoms with Crippen molar-refractivity contribution in [3.05, 3.63) is 0 Å². The summed E-state index contributed by atoms with van der Waals surface area (Å²) in [5, 5.41) is 9.20. The van der Waals surface area contributed by atoms with Crippen LogP contribution in [0.2, 0.25) is 0 Å². The van der Waals surface area contributed by atoms with Gasteiger partial charge in [0.2, 0.25) is 0 Å². The zero-order chi connectivity index (χ0) is 9.61. The Morgan fingerprint density at radius 3 is 1.92 bits per heavy atom. The zero-order valence-electron chi connectivity index (χ0n) is 8.93. The summed E-state index contributed by atoms with van der Waals surface area (Å²) in [5.74, 6) is 0. The van der Waals surface area contributed by atoms with E-state index < -0.39 is 0 Å². The first-order valence-electron chi connectivity index (χ1n) is 4.95. The van der Waals surface area contributed by atoms with Gasteiger partial charge in [0.05, 0.1) is 0 Å². The second kappa shape index (κ2) is 5.55. The minimum atomic E-state index is 0.0893. The molecular formula is C10H23NO. The summed E-state index contributed by atoms with van der Waals surface area (Å²) in [4.78, 5) is 2.36. The molecule has 0 aliphatic carbocycles. The topological polar surface area (TPSA) is 23.5 Å². The van der Waals surface area contributed by atoms with Crippen molar-refractivity contribution in [3.63, 3.8) is 0 Å². The van der Waals surface area contributed by atoms with Crippen molar-refractivity contribution in [2.24, 2.45) is 5.41 Å². The minimum Gasteiger partial charge on any atom is -0.396 e. The van der Waals surface area contributed by atoms with Crippen LogP contribution in [-0.4, -0.2) is 36.2 Å². The van der Waals surface area contributed by atoms with E-state index in [1.165, 1.54) is 0 Å². The molecule has 12 heavy (non-hydrogen) atoms. The van der Waals surface area contributed by atoms with E-state index in [4.69, 9.17) is 0 Å². The fourth-order valence-electron chi connectivity index (χ4n) is 1.26. The lowest BCUT2D eigenvalue weighted by molar-refractivity contribution is 0.0893. The summed E-state index contributed by atoms with van der Waals surface area (Å²) in [7, 11) is 0. The number of aliphatic hydroxyl groups excluding tert-OH is 1. The first kappa shape index (κ1) is 11.9. The standard InChI is InChI=1S/C10H23NO/c1-5-10(4,9-12)8-11(6-2)7-3/h12H,5-9H2,1-4H3. The quantitative estimate of drug-likeness (QED) is 0.661. The van der Waals surface area contributed by atoms with Gasteiger partial charge in [-0.1, -0.05) is 27.7 Å². The molecule has 0 amide bonds. The van der Waals surface area contributed by atoms with Crippen LogP contribution in [0.15, 0.2) is 0 Å². The number of rotatable bonds is 6. The van der Waals surface area contributed by atoms with Gasteiger partial charge < -0.3 is 10.0 Å². The van der Waals surface area contributed by atoms with Gasteiger partial charge in [0.15, 0.2) is 0 Å². The summed E-state index contributed by atoms with van der Waals surface area (Å²) < 4.78 is 0. The largest absolute Gasteiger partial charge is 0.396 e. The molecule has 0 spiro atoms. The smallest absolute Gasteiger partial charge is 0.0496 e. The van der Waals surface area contributed by atoms with Gasteiger partial charge in [-0.3, -0.25) is 0 Å². The Hall–Kier alpha value is -0.0800. The maximum absolute atomic E-state index is 9.20. The number of nitrogens with zero attached hydrogens (tertiary/aromatic N) is 1. The molecule has 0 saturated heterocycles. The molecule has 2 nitrogen and oxygen atoms in total. The SMILES string of the molecule is CCN(CC)CC(C)(CC)CO. The Morgan fingerprint density at radius 1 is 1.17 bits per heavy atom. The van der Waals surface area contributed by atoms with Crippen molar-refractivity contribution in [3.8, 4) is 0 Å². The van der Waals surface area contributed by atoms with Gasteiger partial charge in [-0.15, -0.1) is 0 Å². The Bertz CT molecular complexity index is 106. The van der Waals surface area contributed by atoms with Gasteiger partial charge in [0.1, 0.15) is 0 Å². The van der Waals surface area contributed by atoms with E-state index in [-0.39, 0.29) is 5.41 Å². The van der Waals surface area contributed by atoms with Crippen LogP contribution in [0.3, 0.4) is 0 Å². The van der Waals surface area contributed by atoms with Crippen molar-refractivity contribution in [2.45, 2.75) is 34.1 Å². The Morgan fingerprint density at radius 2 is 1.67 bits per heavy atom. The summed E-state index contributed by atoms with van der Waals surface area (Å²) in [6.45, 7) is 12.1. The van der Waals surface area contributed by atoms with E-state index in [1.807, 2.05) is 0 Å². The molecular weight excluding hydrogens is 150 g/mol. The molecule has 2 heteroatoms. The van der Waals surface area contributed by atoms with Crippen LogP contribution in [0.25, 0.3) is 0 Å². The normalized spacial score (nSPS) is 16.5. The molecule has 0 fully saturated rings. The second-order valence-electron chi connectivity index (χ2n) is 3.78. The minimum absolute atomic E-state index is 0.0893. The average Bonchev–Trinajstić information content (AvgIpc) is 2.14. The fourth-order valence-corrected chi connectivity index (χ4v) is 1.26. The van der Waals surface area contributed by atoms with Crippen LogP contribution in [0.1, 0.15) is 34.1 Å². The average molecular weight is 173 g/mol. The van der Waals surface area contributed by atoms with Crippen LogP contribution in [0, 0.1) is 5.41 Å². The summed E-state index contributed by atoms with van der Waals surface area (Å²) >= 11 is 0. The molecule has 0 bridgehead atoms. The lowest BCUT2D eigenvalue weighted by Gasteiger charge is -2.32. The molecule has 0 saturated carbocycles. The summed E-state index contributed by atoms with van der Waals surface area (Å²) in [5.41, 5.74) is 0.0893. The van der Waals surface area contributed by atoms with E-state index in [0.717, 1.165) is 26.1 Å². The van der Waals surface area contributed by atoms with Gasteiger partial charge in [-0.2, -0.15) is 0 Å². The van der Waals surface area contributed by atoms with E-state index in [0.29, 0.717) is 6.61 Å². The molecule has 0 aliphatic heterocycles. The Balaban J connectivity index is 3.99. The van der Waals surface area contributed by atoms with Gasteiger partial charge in [0.25, 0.3) is 0 Å². The van der Waals surface area contributed by atoms with Gasteiger partial charge in [0, 0.05) is 18.6 Å². The van der Waals surface area contributed by atoms with E-state index in [1.54, 1.807) is 0 Å². The number of hydrogen-bond acceptors (Lipinski definition) is 2. The zero-order valence-corrected chi connectivity index (χ0v) is 8.93. The van der Waals surface area contributed by atoms with Gasteiger partial charge >= 0.3 is 0 Å². The van der Waals surface area contributed by atoms with Gasteiger partial charge in [-0.05, 0) is 19.5 Å². The summed E-state index contributed by atoms with van der Waals surface area (Å²) in [6, 6.07) is 0. The second-order valence-corrected chi connectivity index (χ2v) is 3.78. The van der Waals surface area contributed by atoms with Crippen LogP contribution in [-0.2, 0) is 0 Å². The molecule has 0 heterocycles. The predicted octanol–water partition coefficient (Wildman–Crippen LogP) is 1.74. The highest BCUT2D eigenvalue weighted by Crippen LogP contribution is 2.21. The van der Waals surface area contributed by atoms with Crippen molar-refractivity contribution in [1.82, 2.24) is 4.90 Å².